The molecule has 0 bridgehead atoms. The van der Waals surface area contributed by atoms with Crippen LogP contribution >= 0.6 is 0 Å². The van der Waals surface area contributed by atoms with E-state index in [4.69, 9.17) is 4.74 Å². The van der Waals surface area contributed by atoms with Gasteiger partial charge in [-0.1, -0.05) is 37.3 Å². The Morgan fingerprint density at radius 3 is 2.52 bits per heavy atom. The highest BCUT2D eigenvalue weighted by Crippen LogP contribution is 2.29. The van der Waals surface area contributed by atoms with Gasteiger partial charge < -0.3 is 4.74 Å². The third-order valence-electron chi connectivity index (χ3n) is 4.14. The van der Waals surface area contributed by atoms with E-state index < -0.39 is 11.1 Å². The Hall–Kier alpha value is -1.88. The Balaban J connectivity index is 2.17. The molecule has 1 saturated heterocycles. The summed E-state index contributed by atoms with van der Waals surface area (Å²) in [5, 5.41) is 1.53. The minimum absolute atomic E-state index is 0.0117. The Morgan fingerprint density at radius 2 is 1.96 bits per heavy atom. The highest BCUT2D eigenvalue weighted by atomic mass is 16.6. The van der Waals surface area contributed by atoms with E-state index in [1.54, 1.807) is 6.92 Å². The summed E-state index contributed by atoms with van der Waals surface area (Å²) in [6, 6.07) is 9.70. The number of nitrogens with one attached hydrogen (secondary N) is 1. The van der Waals surface area contributed by atoms with Crippen molar-refractivity contribution in [1.29, 1.82) is 0 Å². The van der Waals surface area contributed by atoms with Crippen molar-refractivity contribution < 1.29 is 14.3 Å². The van der Waals surface area contributed by atoms with Gasteiger partial charge in [0.1, 0.15) is 11.1 Å². The first-order chi connectivity index (χ1) is 10.6. The number of carbonyl (C=O) groups is 2. The van der Waals surface area contributed by atoms with E-state index in [9.17, 15) is 9.59 Å². The molecule has 5 heteroatoms. The number of benzene rings is 1. The summed E-state index contributed by atoms with van der Waals surface area (Å²) in [6.45, 7) is 9.65. The van der Waals surface area contributed by atoms with Crippen molar-refractivity contribution in [3.05, 3.63) is 35.9 Å². The standard InChI is InChI=1S/C18H26N2O3/c1-13-11-15(21)20(12-14-9-7-6-8-10-14)19-18(13,5)16(22)23-17(2,3)4/h6-10,13,19H,11-12H2,1-5H3/t13-,18+/m1/s1. The summed E-state index contributed by atoms with van der Waals surface area (Å²) in [5.41, 5.74) is 2.64. The monoisotopic (exact) mass is 318 g/mol. The van der Waals surface area contributed by atoms with Crippen molar-refractivity contribution in [3.63, 3.8) is 0 Å². The number of nitrogens with zero attached hydrogens (tertiary/aromatic N) is 1. The summed E-state index contributed by atoms with van der Waals surface area (Å²) in [7, 11) is 0. The lowest BCUT2D eigenvalue weighted by atomic mass is 9.83. The lowest BCUT2D eigenvalue weighted by molar-refractivity contribution is -0.174. The van der Waals surface area contributed by atoms with E-state index >= 15 is 0 Å². The second-order valence-corrected chi connectivity index (χ2v) is 7.39. The third kappa shape index (κ3) is 4.10. The van der Waals surface area contributed by atoms with Gasteiger partial charge in [0.2, 0.25) is 5.91 Å². The minimum atomic E-state index is -0.921. The molecule has 0 aliphatic carbocycles. The Bertz CT molecular complexity index is 580. The van der Waals surface area contributed by atoms with E-state index in [0.29, 0.717) is 13.0 Å². The zero-order chi connectivity index (χ0) is 17.3. The number of hydrogen-bond donors (Lipinski definition) is 1. The number of amides is 1. The topological polar surface area (TPSA) is 58.6 Å². The van der Waals surface area contributed by atoms with E-state index in [2.05, 4.69) is 5.43 Å². The van der Waals surface area contributed by atoms with Crippen molar-refractivity contribution in [2.75, 3.05) is 0 Å². The fourth-order valence-electron chi connectivity index (χ4n) is 2.55. The molecule has 23 heavy (non-hydrogen) atoms. The fourth-order valence-corrected chi connectivity index (χ4v) is 2.55. The van der Waals surface area contributed by atoms with Gasteiger partial charge in [-0.15, -0.1) is 0 Å². The molecule has 1 N–H and O–H groups in total. The van der Waals surface area contributed by atoms with Gasteiger partial charge in [-0.3, -0.25) is 9.80 Å². The molecule has 126 valence electrons. The maximum absolute atomic E-state index is 12.6. The summed E-state index contributed by atoms with van der Waals surface area (Å²) in [5.74, 6) is -0.484. The predicted molar refractivity (Wildman–Crippen MR) is 88.2 cm³/mol. The Morgan fingerprint density at radius 1 is 1.35 bits per heavy atom. The first-order valence-electron chi connectivity index (χ1n) is 7.97. The minimum Gasteiger partial charge on any atom is -0.459 e. The van der Waals surface area contributed by atoms with Crippen molar-refractivity contribution in [2.24, 2.45) is 5.92 Å². The van der Waals surface area contributed by atoms with E-state index in [-0.39, 0.29) is 17.8 Å². The maximum atomic E-state index is 12.6. The number of carbonyl (C=O) groups excluding carboxylic acids is 2. The lowest BCUT2D eigenvalue weighted by Crippen LogP contribution is -2.67. The zero-order valence-corrected chi connectivity index (χ0v) is 14.6. The van der Waals surface area contributed by atoms with E-state index in [0.717, 1.165) is 5.56 Å². The zero-order valence-electron chi connectivity index (χ0n) is 14.6. The van der Waals surface area contributed by atoms with E-state index in [1.165, 1.54) is 5.01 Å². The highest BCUT2D eigenvalue weighted by molar-refractivity contribution is 5.86. The van der Waals surface area contributed by atoms with Crippen molar-refractivity contribution in [2.45, 2.75) is 58.7 Å². The first kappa shape index (κ1) is 17.5. The van der Waals surface area contributed by atoms with Crippen LogP contribution < -0.4 is 5.43 Å². The number of esters is 1. The number of rotatable bonds is 3. The molecule has 1 fully saturated rings. The van der Waals surface area contributed by atoms with Gasteiger partial charge >= 0.3 is 5.97 Å². The van der Waals surface area contributed by atoms with Gasteiger partial charge in [-0.2, -0.15) is 0 Å². The largest absolute Gasteiger partial charge is 0.459 e. The van der Waals surface area contributed by atoms with Crippen molar-refractivity contribution in [1.82, 2.24) is 10.4 Å². The molecule has 0 unspecified atom stereocenters. The Kier molecular flexibility index (Phi) is 4.80. The van der Waals surface area contributed by atoms with Crippen LogP contribution in [0.1, 0.15) is 46.6 Å². The van der Waals surface area contributed by atoms with Gasteiger partial charge in [0.15, 0.2) is 0 Å². The molecular weight excluding hydrogens is 292 g/mol. The second-order valence-electron chi connectivity index (χ2n) is 7.39. The SMILES string of the molecule is C[C@@H]1CC(=O)N(Cc2ccccc2)N[C@]1(C)C(=O)OC(C)(C)C. The number of hydrogen-bond acceptors (Lipinski definition) is 4. The molecule has 2 rings (SSSR count). The van der Waals surface area contributed by atoms with Crippen LogP contribution in [0.15, 0.2) is 30.3 Å². The molecule has 2 atom stereocenters. The molecule has 1 aliphatic rings. The van der Waals surface area contributed by atoms with Gasteiger partial charge in [-0.05, 0) is 39.2 Å². The van der Waals surface area contributed by atoms with Crippen LogP contribution in [0.4, 0.5) is 0 Å². The van der Waals surface area contributed by atoms with E-state index in [1.807, 2.05) is 58.0 Å². The fraction of sp³-hybridized carbons (Fsp3) is 0.556. The Labute approximate surface area is 138 Å². The summed E-state index contributed by atoms with van der Waals surface area (Å²) in [4.78, 5) is 24.9. The molecule has 1 aromatic rings. The molecule has 5 nitrogen and oxygen atoms in total. The van der Waals surface area contributed by atoms with Crippen molar-refractivity contribution in [3.8, 4) is 0 Å². The molecule has 1 aliphatic heterocycles. The average molecular weight is 318 g/mol. The van der Waals surface area contributed by atoms with Crippen LogP contribution in [0.5, 0.6) is 0 Å². The van der Waals surface area contributed by atoms with Crippen LogP contribution in [-0.4, -0.2) is 28.0 Å². The van der Waals surface area contributed by atoms with Gasteiger partial charge in [0, 0.05) is 6.42 Å². The van der Waals surface area contributed by atoms with Crippen LogP contribution in [-0.2, 0) is 20.9 Å². The lowest BCUT2D eigenvalue weighted by Gasteiger charge is -2.44. The number of ether oxygens (including phenoxy) is 1. The predicted octanol–water partition coefficient (Wildman–Crippen LogP) is 2.66. The quantitative estimate of drug-likeness (QED) is 0.871. The average Bonchev–Trinajstić information content (AvgIpc) is 2.44. The van der Waals surface area contributed by atoms with Crippen LogP contribution in [0, 0.1) is 5.92 Å². The normalized spacial score (nSPS) is 25.3. The molecule has 0 spiro atoms. The van der Waals surface area contributed by atoms with Gasteiger partial charge in [0.05, 0.1) is 6.54 Å². The molecule has 1 aromatic carbocycles. The van der Waals surface area contributed by atoms with Gasteiger partial charge in [0.25, 0.3) is 0 Å². The number of hydrazine groups is 1. The van der Waals surface area contributed by atoms with Gasteiger partial charge in [-0.25, -0.2) is 10.2 Å². The summed E-state index contributed by atoms with van der Waals surface area (Å²) >= 11 is 0. The molecule has 1 heterocycles. The first-order valence-corrected chi connectivity index (χ1v) is 7.97. The third-order valence-corrected chi connectivity index (χ3v) is 4.14. The smallest absolute Gasteiger partial charge is 0.328 e. The molecule has 0 aromatic heterocycles. The molecule has 0 saturated carbocycles. The summed E-state index contributed by atoms with van der Waals surface area (Å²) < 4.78 is 5.54. The van der Waals surface area contributed by atoms with Crippen LogP contribution in [0.3, 0.4) is 0 Å². The molecule has 1 amide bonds. The second kappa shape index (κ2) is 6.32. The molecular formula is C18H26N2O3. The maximum Gasteiger partial charge on any atom is 0.328 e. The summed E-state index contributed by atoms with van der Waals surface area (Å²) in [6.07, 6.45) is 0.315. The highest BCUT2D eigenvalue weighted by Gasteiger charge is 2.48. The van der Waals surface area contributed by atoms with Crippen LogP contribution in [0.25, 0.3) is 0 Å². The van der Waals surface area contributed by atoms with Crippen LogP contribution in [0.2, 0.25) is 0 Å². The van der Waals surface area contributed by atoms with Crippen molar-refractivity contribution >= 4 is 11.9 Å². The molecule has 0 radical (unpaired) electrons.